The van der Waals surface area contributed by atoms with Crippen LogP contribution in [0.3, 0.4) is 0 Å². The number of pyridine rings is 2. The largest absolute Gasteiger partial charge is 0.480 e. The van der Waals surface area contributed by atoms with Crippen molar-refractivity contribution in [2.45, 2.75) is 86.5 Å². The Morgan fingerprint density at radius 1 is 0.807 bits per heavy atom. The zero-order chi connectivity index (χ0) is 42.5. The van der Waals surface area contributed by atoms with E-state index < -0.39 is 47.2 Å². The van der Waals surface area contributed by atoms with Gasteiger partial charge in [0.15, 0.2) is 0 Å². The van der Waals surface area contributed by atoms with Crippen LogP contribution in [0.2, 0.25) is 0 Å². The second kappa shape index (κ2) is 19.9. The maximum atomic E-state index is 13.6. The number of nitrogens with zero attached hydrogens (tertiary/aromatic N) is 3. The monoisotopic (exact) mass is 780 g/mol. The minimum atomic E-state index is -1.32. The highest BCUT2D eigenvalue weighted by atomic mass is 16.6. The number of fused-ring (bicyclic) bond motifs is 1. The molecule has 4 N–H and O–H groups in total. The third-order valence-corrected chi connectivity index (χ3v) is 7.52. The molecule has 0 spiro atoms. The normalized spacial score (nSPS) is 11.5. The molecule has 14 heteroatoms. The molecular weight excluding hydrogens is 729 g/mol. The predicted molar refractivity (Wildman–Crippen MR) is 217 cm³/mol. The molecule has 4 rings (SSSR count). The highest BCUT2D eigenvalue weighted by molar-refractivity contribution is 6.07. The topological polar surface area (TPSA) is 189 Å². The molecule has 302 valence electrons. The number of carboxylic acids is 1. The van der Waals surface area contributed by atoms with Crippen LogP contribution < -0.4 is 16.2 Å². The van der Waals surface area contributed by atoms with Gasteiger partial charge >= 0.3 is 18.2 Å². The van der Waals surface area contributed by atoms with Crippen LogP contribution in [0, 0.1) is 17.8 Å². The van der Waals surface area contributed by atoms with E-state index in [1.54, 1.807) is 84.1 Å². The summed E-state index contributed by atoms with van der Waals surface area (Å²) in [4.78, 5) is 73.4. The van der Waals surface area contributed by atoms with Crippen molar-refractivity contribution in [2.24, 2.45) is 5.92 Å². The average Bonchev–Trinajstić information content (AvgIpc) is 3.14. The van der Waals surface area contributed by atoms with E-state index in [2.05, 4.69) is 33.0 Å². The fraction of sp³-hybridized carbons (Fsp3) is 0.372. The minimum absolute atomic E-state index is 0.0483. The van der Waals surface area contributed by atoms with Gasteiger partial charge in [0.1, 0.15) is 17.2 Å². The molecule has 0 aliphatic heterocycles. The number of rotatable bonds is 9. The maximum Gasteiger partial charge on any atom is 0.426 e. The lowest BCUT2D eigenvalue weighted by Gasteiger charge is -2.31. The second-order valence-electron chi connectivity index (χ2n) is 15.0. The first-order valence-electron chi connectivity index (χ1n) is 18.6. The van der Waals surface area contributed by atoms with Crippen LogP contribution in [0.25, 0.3) is 22.2 Å². The van der Waals surface area contributed by atoms with Crippen LogP contribution in [-0.2, 0) is 14.3 Å². The van der Waals surface area contributed by atoms with Gasteiger partial charge in [-0.1, -0.05) is 51.7 Å². The summed E-state index contributed by atoms with van der Waals surface area (Å²) in [6, 6.07) is 15.8. The number of ether oxygens (including phenoxy) is 2. The van der Waals surface area contributed by atoms with E-state index in [-0.39, 0.29) is 30.1 Å². The third-order valence-electron chi connectivity index (χ3n) is 7.52. The van der Waals surface area contributed by atoms with Crippen molar-refractivity contribution in [3.63, 3.8) is 0 Å². The minimum Gasteiger partial charge on any atom is -0.480 e. The Kier molecular flexibility index (Phi) is 15.7. The van der Waals surface area contributed by atoms with Gasteiger partial charge in [0, 0.05) is 46.6 Å². The Hall–Kier alpha value is -6.49. The lowest BCUT2D eigenvalue weighted by Crippen LogP contribution is -2.52. The van der Waals surface area contributed by atoms with Crippen molar-refractivity contribution < 1.29 is 38.6 Å². The fourth-order valence-corrected chi connectivity index (χ4v) is 5.18. The van der Waals surface area contributed by atoms with Crippen molar-refractivity contribution in [1.82, 2.24) is 31.0 Å². The molecule has 4 amide bonds. The van der Waals surface area contributed by atoms with E-state index in [1.165, 1.54) is 11.1 Å². The SMILES string of the molecule is CC.CC(C)CN(C(=O)c1ccc(C#Cc2ccc(-c3cc(C(=O)NNC(=O)OC(C)(C)C)c4cnccc4n3)cc2)cc1)C(CNC(=O)OC(C)(C)C)C(=O)O. The molecule has 0 saturated carbocycles. The molecule has 14 nitrogen and oxygen atoms in total. The fourth-order valence-electron chi connectivity index (χ4n) is 5.18. The Balaban J connectivity index is 0.00000428. The number of aromatic nitrogens is 2. The lowest BCUT2D eigenvalue weighted by molar-refractivity contribution is -0.142. The van der Waals surface area contributed by atoms with Crippen LogP contribution in [0.4, 0.5) is 9.59 Å². The van der Waals surface area contributed by atoms with Crippen LogP contribution >= 0.6 is 0 Å². The number of benzene rings is 2. The summed E-state index contributed by atoms with van der Waals surface area (Å²) < 4.78 is 10.4. The molecule has 0 aliphatic carbocycles. The van der Waals surface area contributed by atoms with Crippen molar-refractivity contribution >= 4 is 40.9 Å². The van der Waals surface area contributed by atoms with E-state index in [0.717, 1.165) is 0 Å². The van der Waals surface area contributed by atoms with Crippen LogP contribution in [-0.4, -0.2) is 80.3 Å². The Morgan fingerprint density at radius 2 is 1.37 bits per heavy atom. The van der Waals surface area contributed by atoms with Crippen LogP contribution in [0.15, 0.2) is 73.1 Å². The van der Waals surface area contributed by atoms with Gasteiger partial charge in [-0.2, -0.15) is 0 Å². The highest BCUT2D eigenvalue weighted by Gasteiger charge is 2.32. The Bertz CT molecular complexity index is 2110. The van der Waals surface area contributed by atoms with E-state index >= 15 is 0 Å². The van der Waals surface area contributed by atoms with Crippen molar-refractivity contribution in [2.75, 3.05) is 13.1 Å². The molecule has 4 aromatic rings. The highest BCUT2D eigenvalue weighted by Crippen LogP contribution is 2.25. The average molecular weight is 781 g/mol. The van der Waals surface area contributed by atoms with Crippen LogP contribution in [0.1, 0.15) is 101 Å². The first kappa shape index (κ1) is 44.9. The number of hydrazine groups is 1. The van der Waals surface area contributed by atoms with E-state index in [1.807, 2.05) is 52.0 Å². The van der Waals surface area contributed by atoms with Gasteiger partial charge < -0.3 is 24.8 Å². The molecule has 57 heavy (non-hydrogen) atoms. The number of amides is 4. The summed E-state index contributed by atoms with van der Waals surface area (Å²) in [6.45, 7) is 17.8. The summed E-state index contributed by atoms with van der Waals surface area (Å²) in [7, 11) is 0. The molecule has 0 saturated heterocycles. The summed E-state index contributed by atoms with van der Waals surface area (Å²) >= 11 is 0. The summed E-state index contributed by atoms with van der Waals surface area (Å²) in [5.74, 6) is 3.79. The third kappa shape index (κ3) is 13.9. The molecule has 0 fully saturated rings. The molecular formula is C43H52N6O8. The molecule has 1 unspecified atom stereocenters. The zero-order valence-corrected chi connectivity index (χ0v) is 34.1. The number of carbonyl (C=O) groups excluding carboxylic acids is 4. The van der Waals surface area contributed by atoms with Gasteiger partial charge in [-0.05, 0) is 96.0 Å². The van der Waals surface area contributed by atoms with Crippen LogP contribution in [0.5, 0.6) is 0 Å². The van der Waals surface area contributed by atoms with E-state index in [9.17, 15) is 29.1 Å². The molecule has 0 bridgehead atoms. The zero-order valence-electron chi connectivity index (χ0n) is 34.1. The van der Waals surface area contributed by atoms with Gasteiger partial charge in [-0.25, -0.2) is 24.8 Å². The van der Waals surface area contributed by atoms with Gasteiger partial charge in [-0.3, -0.25) is 20.0 Å². The molecule has 2 aromatic heterocycles. The predicted octanol–water partition coefficient (Wildman–Crippen LogP) is 6.97. The molecule has 0 aliphatic rings. The Labute approximate surface area is 333 Å². The quantitative estimate of drug-likeness (QED) is 0.102. The van der Waals surface area contributed by atoms with Crippen molar-refractivity contribution in [1.29, 1.82) is 0 Å². The number of carbonyl (C=O) groups is 5. The van der Waals surface area contributed by atoms with Gasteiger partial charge in [0.05, 0.1) is 23.3 Å². The van der Waals surface area contributed by atoms with Gasteiger partial charge in [-0.15, -0.1) is 0 Å². The maximum absolute atomic E-state index is 13.6. The Morgan fingerprint density at radius 3 is 1.91 bits per heavy atom. The van der Waals surface area contributed by atoms with E-state index in [0.29, 0.717) is 33.3 Å². The standard InChI is InChI=1S/C41H46N6O8.C2H6/c1-25(2)24-47(34(37(50)51)23-43-38(52)54-40(3,4)5)36(49)29-17-13-27(14-18-29)10-9-26-11-15-28(16-12-26)33-21-30(31-22-42-20-19-32(31)44-33)35(48)45-46-39(53)55-41(6,7)8;1-2/h11-22,25,34H,23-24H2,1-8H3,(H,43,52)(H,45,48)(H,46,53)(H,50,51);1-2H3. The van der Waals surface area contributed by atoms with Gasteiger partial charge in [0.2, 0.25) is 0 Å². The number of hydrogen-bond donors (Lipinski definition) is 4. The number of nitrogens with one attached hydrogen (secondary N) is 3. The van der Waals surface area contributed by atoms with E-state index in [4.69, 9.17) is 14.5 Å². The first-order chi connectivity index (χ1) is 26.8. The summed E-state index contributed by atoms with van der Waals surface area (Å²) in [6.07, 6.45) is 1.52. The van der Waals surface area contributed by atoms with Crippen molar-refractivity contribution in [3.05, 3.63) is 95.3 Å². The van der Waals surface area contributed by atoms with Crippen molar-refractivity contribution in [3.8, 4) is 23.1 Å². The smallest absolute Gasteiger partial charge is 0.426 e. The second-order valence-corrected chi connectivity index (χ2v) is 15.0. The number of hydrogen-bond acceptors (Lipinski definition) is 9. The van der Waals surface area contributed by atoms with Gasteiger partial charge in [0.25, 0.3) is 11.8 Å². The molecule has 0 radical (unpaired) electrons. The number of aliphatic carboxylic acids is 1. The lowest BCUT2D eigenvalue weighted by atomic mass is 10.0. The molecule has 2 aromatic carbocycles. The summed E-state index contributed by atoms with van der Waals surface area (Å²) in [5.41, 5.74) is 6.73. The number of alkyl carbamates (subject to hydrolysis) is 1. The number of carboxylic acid groups (broad SMARTS) is 1. The molecule has 2 heterocycles. The molecule has 1 atom stereocenters. The summed E-state index contributed by atoms with van der Waals surface area (Å²) in [5, 5.41) is 13.0. The first-order valence-corrected chi connectivity index (χ1v) is 18.6.